The minimum atomic E-state index is 0.550. The zero-order valence-electron chi connectivity index (χ0n) is 10.5. The van der Waals surface area contributed by atoms with Gasteiger partial charge in [0.2, 0.25) is 0 Å². The molecule has 0 saturated heterocycles. The molecule has 2 heteroatoms. The molecule has 2 unspecified atom stereocenters. The fourth-order valence-electron chi connectivity index (χ4n) is 2.57. The van der Waals surface area contributed by atoms with E-state index in [1.807, 2.05) is 11.8 Å². The molecule has 0 N–H and O–H groups in total. The van der Waals surface area contributed by atoms with Crippen LogP contribution in [0.4, 0.5) is 0 Å². The third-order valence-corrected chi connectivity index (χ3v) is 5.52. The summed E-state index contributed by atoms with van der Waals surface area (Å²) in [7, 11) is 0. The first-order valence-corrected chi connectivity index (χ1v) is 7.84. The van der Waals surface area contributed by atoms with Crippen molar-refractivity contribution in [1.29, 1.82) is 0 Å². The largest absolute Gasteiger partial charge is 0.0895 e. The first-order chi connectivity index (χ1) is 8.66. The lowest BCUT2D eigenvalue weighted by Gasteiger charge is -2.20. The summed E-state index contributed by atoms with van der Waals surface area (Å²) in [6, 6.07) is 15.4. The molecule has 92 valence electrons. The topological polar surface area (TPSA) is 0 Å². The van der Waals surface area contributed by atoms with E-state index in [2.05, 4.69) is 72.2 Å². The normalized spacial score (nSPS) is 21.9. The monoisotopic (exact) mass is 318 g/mol. The van der Waals surface area contributed by atoms with Gasteiger partial charge in [0.05, 0.1) is 0 Å². The average molecular weight is 319 g/mol. The lowest BCUT2D eigenvalue weighted by Crippen LogP contribution is -2.04. The van der Waals surface area contributed by atoms with Crippen LogP contribution < -0.4 is 0 Å². The van der Waals surface area contributed by atoms with E-state index in [9.17, 15) is 0 Å². The van der Waals surface area contributed by atoms with Crippen LogP contribution in [0.3, 0.4) is 0 Å². The van der Waals surface area contributed by atoms with Crippen molar-refractivity contribution in [3.8, 4) is 0 Å². The van der Waals surface area contributed by atoms with Crippen molar-refractivity contribution < 1.29 is 0 Å². The van der Waals surface area contributed by atoms with Crippen LogP contribution in [-0.4, -0.2) is 0 Å². The van der Waals surface area contributed by atoms with Crippen LogP contribution in [0.15, 0.2) is 56.7 Å². The number of hydrogen-bond acceptors (Lipinski definition) is 1. The Balaban J connectivity index is 2.20. The van der Waals surface area contributed by atoms with Gasteiger partial charge in [0.15, 0.2) is 0 Å². The molecular formula is C16H15BrS. The van der Waals surface area contributed by atoms with Gasteiger partial charge in [-0.1, -0.05) is 59.7 Å². The molecular weight excluding hydrogens is 304 g/mol. The van der Waals surface area contributed by atoms with E-state index in [0.29, 0.717) is 11.8 Å². The molecule has 18 heavy (non-hydrogen) atoms. The molecule has 0 nitrogen and oxygen atoms in total. The molecule has 1 heterocycles. The van der Waals surface area contributed by atoms with E-state index in [0.717, 1.165) is 0 Å². The number of hydrogen-bond donors (Lipinski definition) is 0. The quantitative estimate of drug-likeness (QED) is 0.589. The lowest BCUT2D eigenvalue weighted by molar-refractivity contribution is 0.610. The fraction of sp³-hybridized carbons (Fsp3) is 0.250. The Kier molecular flexibility index (Phi) is 3.25. The second kappa shape index (κ2) is 4.75. The Morgan fingerprint density at radius 2 is 1.56 bits per heavy atom. The lowest BCUT2D eigenvalue weighted by atomic mass is 9.84. The highest BCUT2D eigenvalue weighted by atomic mass is 79.9. The molecule has 0 saturated carbocycles. The van der Waals surface area contributed by atoms with Gasteiger partial charge in [-0.3, -0.25) is 0 Å². The summed E-state index contributed by atoms with van der Waals surface area (Å²) in [6.07, 6.45) is 0. The first kappa shape index (κ1) is 12.3. The summed E-state index contributed by atoms with van der Waals surface area (Å²) in [6.45, 7) is 4.67. The minimum Gasteiger partial charge on any atom is -0.0895 e. The van der Waals surface area contributed by atoms with Crippen molar-refractivity contribution in [3.63, 3.8) is 0 Å². The molecule has 1 aliphatic rings. The SMILES string of the molecule is CC1c2ccccc2Sc2ccc(Br)cc2C1C. The van der Waals surface area contributed by atoms with E-state index in [1.165, 1.54) is 25.4 Å². The molecule has 0 radical (unpaired) electrons. The maximum Gasteiger partial charge on any atom is 0.0178 e. The average Bonchev–Trinajstić information content (AvgIpc) is 2.48. The van der Waals surface area contributed by atoms with Gasteiger partial charge in [-0.25, -0.2) is 0 Å². The van der Waals surface area contributed by atoms with Crippen molar-refractivity contribution >= 4 is 27.7 Å². The van der Waals surface area contributed by atoms with Crippen molar-refractivity contribution in [2.75, 3.05) is 0 Å². The first-order valence-electron chi connectivity index (χ1n) is 6.23. The predicted octanol–water partition coefficient (Wildman–Crippen LogP) is 5.82. The molecule has 0 bridgehead atoms. The summed E-state index contributed by atoms with van der Waals surface area (Å²) in [4.78, 5) is 2.79. The van der Waals surface area contributed by atoms with Crippen molar-refractivity contribution in [2.45, 2.75) is 35.5 Å². The van der Waals surface area contributed by atoms with Crippen LogP contribution in [-0.2, 0) is 0 Å². The van der Waals surface area contributed by atoms with Gasteiger partial charge >= 0.3 is 0 Å². The molecule has 0 spiro atoms. The summed E-state index contributed by atoms with van der Waals surface area (Å²) in [5, 5.41) is 0. The molecule has 2 aromatic carbocycles. The fourth-order valence-corrected chi connectivity index (χ4v) is 4.21. The van der Waals surface area contributed by atoms with Crippen LogP contribution in [0.1, 0.15) is 36.8 Å². The summed E-state index contributed by atoms with van der Waals surface area (Å²) in [5.41, 5.74) is 2.93. The van der Waals surface area contributed by atoms with Gasteiger partial charge in [0, 0.05) is 14.3 Å². The summed E-state index contributed by atoms with van der Waals surface area (Å²) >= 11 is 5.49. The highest BCUT2D eigenvalue weighted by Crippen LogP contribution is 2.47. The second-order valence-electron chi connectivity index (χ2n) is 4.90. The van der Waals surface area contributed by atoms with Crippen molar-refractivity contribution in [1.82, 2.24) is 0 Å². The van der Waals surface area contributed by atoms with Crippen LogP contribution in [0, 0.1) is 0 Å². The van der Waals surface area contributed by atoms with E-state index in [1.54, 1.807) is 0 Å². The van der Waals surface area contributed by atoms with Crippen molar-refractivity contribution in [3.05, 3.63) is 58.1 Å². The third kappa shape index (κ3) is 2.02. The molecule has 0 amide bonds. The van der Waals surface area contributed by atoms with Gasteiger partial charge in [0.1, 0.15) is 0 Å². The Labute approximate surface area is 121 Å². The maximum atomic E-state index is 3.59. The molecule has 1 aliphatic heterocycles. The van der Waals surface area contributed by atoms with Gasteiger partial charge in [0.25, 0.3) is 0 Å². The molecule has 3 rings (SSSR count). The highest BCUT2D eigenvalue weighted by molar-refractivity contribution is 9.10. The van der Waals surface area contributed by atoms with Crippen molar-refractivity contribution in [2.24, 2.45) is 0 Å². The smallest absolute Gasteiger partial charge is 0.0178 e. The van der Waals surface area contributed by atoms with Crippen LogP contribution in [0.5, 0.6) is 0 Å². The zero-order valence-corrected chi connectivity index (χ0v) is 12.9. The number of benzene rings is 2. The Hall–Kier alpha value is -0.730. The van der Waals surface area contributed by atoms with Crippen LogP contribution in [0.25, 0.3) is 0 Å². The molecule has 0 aliphatic carbocycles. The Bertz CT molecular complexity index is 591. The Morgan fingerprint density at radius 3 is 2.39 bits per heavy atom. The predicted molar refractivity (Wildman–Crippen MR) is 81.5 cm³/mol. The molecule has 2 aromatic rings. The van der Waals surface area contributed by atoms with Gasteiger partial charge in [-0.15, -0.1) is 0 Å². The van der Waals surface area contributed by atoms with Crippen LogP contribution >= 0.6 is 27.7 Å². The number of fused-ring (bicyclic) bond motifs is 2. The highest BCUT2D eigenvalue weighted by Gasteiger charge is 2.25. The van der Waals surface area contributed by atoms with E-state index >= 15 is 0 Å². The molecule has 0 aromatic heterocycles. The van der Waals surface area contributed by atoms with Gasteiger partial charge in [-0.05, 0) is 47.2 Å². The van der Waals surface area contributed by atoms with E-state index in [-0.39, 0.29) is 0 Å². The molecule has 2 atom stereocenters. The van der Waals surface area contributed by atoms with Gasteiger partial charge < -0.3 is 0 Å². The van der Waals surface area contributed by atoms with Gasteiger partial charge in [-0.2, -0.15) is 0 Å². The number of halogens is 1. The second-order valence-corrected chi connectivity index (χ2v) is 6.90. The maximum absolute atomic E-state index is 3.59. The standard InChI is InChI=1S/C16H15BrS/c1-10-11(2)14-9-12(17)7-8-16(14)18-15-6-4-3-5-13(10)15/h3-11H,1-2H3. The molecule has 0 fully saturated rings. The Morgan fingerprint density at radius 1 is 0.889 bits per heavy atom. The minimum absolute atomic E-state index is 0.550. The summed E-state index contributed by atoms with van der Waals surface area (Å²) in [5.74, 6) is 1.11. The summed E-state index contributed by atoms with van der Waals surface area (Å²) < 4.78 is 1.17. The van der Waals surface area contributed by atoms with E-state index in [4.69, 9.17) is 0 Å². The van der Waals surface area contributed by atoms with Crippen LogP contribution in [0.2, 0.25) is 0 Å². The number of rotatable bonds is 0. The van der Waals surface area contributed by atoms with E-state index < -0.39 is 0 Å². The third-order valence-electron chi connectivity index (χ3n) is 3.84. The zero-order chi connectivity index (χ0) is 12.7.